The van der Waals surface area contributed by atoms with Gasteiger partial charge in [0.25, 0.3) is 5.91 Å². The lowest BCUT2D eigenvalue weighted by Crippen LogP contribution is -2.45. The molecule has 136 valence electrons. The number of nitrogens with zero attached hydrogens (tertiary/aromatic N) is 1. The van der Waals surface area contributed by atoms with Crippen molar-refractivity contribution in [3.05, 3.63) is 23.8 Å². The molecule has 0 atom stereocenters. The van der Waals surface area contributed by atoms with Crippen molar-refractivity contribution in [2.24, 2.45) is 5.92 Å². The normalized spacial score (nSPS) is 20.5. The molecule has 2 aliphatic heterocycles. The van der Waals surface area contributed by atoms with E-state index in [-0.39, 0.29) is 24.2 Å². The molecule has 2 fully saturated rings. The minimum absolute atomic E-state index is 0. The SMILES string of the molecule is Cl.O=C1CSc2ccc(C(=O)N3CCC(NCC4CC4)CC3)cc2N1. The summed E-state index contributed by atoms with van der Waals surface area (Å²) in [6.45, 7) is 2.75. The summed E-state index contributed by atoms with van der Waals surface area (Å²) in [6, 6.07) is 6.19. The van der Waals surface area contributed by atoms with Crippen LogP contribution in [0, 0.1) is 5.92 Å². The Kier molecular flexibility index (Phi) is 5.92. The molecule has 1 saturated heterocycles. The lowest BCUT2D eigenvalue weighted by molar-refractivity contribution is -0.113. The highest BCUT2D eigenvalue weighted by atomic mass is 35.5. The summed E-state index contributed by atoms with van der Waals surface area (Å²) in [7, 11) is 0. The standard InChI is InChI=1S/C18H23N3O2S.ClH/c22-17-11-24-16-4-3-13(9-15(16)20-17)18(23)21-7-5-14(6-8-21)19-10-12-1-2-12;/h3-4,9,12,14,19H,1-2,5-8,10-11H2,(H,20,22);1H. The van der Waals surface area contributed by atoms with Crippen LogP contribution in [0.3, 0.4) is 0 Å². The molecule has 1 aromatic rings. The molecule has 1 saturated carbocycles. The molecule has 5 nitrogen and oxygen atoms in total. The average Bonchev–Trinajstić information content (AvgIpc) is 3.43. The smallest absolute Gasteiger partial charge is 0.253 e. The van der Waals surface area contributed by atoms with Crippen molar-refractivity contribution in [2.75, 3.05) is 30.7 Å². The number of carbonyl (C=O) groups excluding carboxylic acids is 2. The second kappa shape index (κ2) is 7.98. The second-order valence-electron chi connectivity index (χ2n) is 6.97. The van der Waals surface area contributed by atoms with Gasteiger partial charge in [-0.3, -0.25) is 9.59 Å². The predicted molar refractivity (Wildman–Crippen MR) is 103 cm³/mol. The van der Waals surface area contributed by atoms with E-state index in [1.807, 2.05) is 23.1 Å². The number of nitrogens with one attached hydrogen (secondary N) is 2. The van der Waals surface area contributed by atoms with Crippen LogP contribution in [-0.4, -0.2) is 48.1 Å². The zero-order chi connectivity index (χ0) is 16.5. The molecule has 2 N–H and O–H groups in total. The molecule has 0 aromatic heterocycles. The Morgan fingerprint density at radius 1 is 1.24 bits per heavy atom. The largest absolute Gasteiger partial charge is 0.339 e. The quantitative estimate of drug-likeness (QED) is 0.841. The van der Waals surface area contributed by atoms with E-state index in [1.165, 1.54) is 24.6 Å². The highest BCUT2D eigenvalue weighted by Crippen LogP contribution is 2.32. The van der Waals surface area contributed by atoms with E-state index in [9.17, 15) is 9.59 Å². The van der Waals surface area contributed by atoms with Crippen LogP contribution in [0.1, 0.15) is 36.0 Å². The molecule has 4 rings (SSSR count). The maximum Gasteiger partial charge on any atom is 0.253 e. The Bertz CT molecular complexity index is 658. The minimum Gasteiger partial charge on any atom is -0.339 e. The molecule has 0 radical (unpaired) electrons. The molecule has 0 bridgehead atoms. The number of hydrogen-bond acceptors (Lipinski definition) is 4. The van der Waals surface area contributed by atoms with Gasteiger partial charge in [0, 0.05) is 29.6 Å². The van der Waals surface area contributed by atoms with Gasteiger partial charge in [-0.1, -0.05) is 0 Å². The molecule has 7 heteroatoms. The number of benzene rings is 1. The number of anilines is 1. The average molecular weight is 382 g/mol. The van der Waals surface area contributed by atoms with E-state index >= 15 is 0 Å². The molecule has 2 amide bonds. The van der Waals surface area contributed by atoms with Gasteiger partial charge in [0.15, 0.2) is 0 Å². The Balaban J connectivity index is 0.00000182. The Labute approximate surface area is 158 Å². The molecular weight excluding hydrogens is 358 g/mol. The fraction of sp³-hybridized carbons (Fsp3) is 0.556. The summed E-state index contributed by atoms with van der Waals surface area (Å²) in [4.78, 5) is 27.2. The highest BCUT2D eigenvalue weighted by Gasteiger charge is 2.27. The minimum atomic E-state index is -0.000324. The lowest BCUT2D eigenvalue weighted by atomic mass is 10.0. The lowest BCUT2D eigenvalue weighted by Gasteiger charge is -2.33. The summed E-state index contributed by atoms with van der Waals surface area (Å²) in [5, 5.41) is 6.50. The predicted octanol–water partition coefficient (Wildman–Crippen LogP) is 2.76. The van der Waals surface area contributed by atoms with Gasteiger partial charge in [0.1, 0.15) is 0 Å². The zero-order valence-electron chi connectivity index (χ0n) is 14.1. The van der Waals surface area contributed by atoms with E-state index in [0.717, 1.165) is 49.0 Å². The van der Waals surface area contributed by atoms with Crippen LogP contribution >= 0.6 is 24.2 Å². The number of rotatable bonds is 4. The van der Waals surface area contributed by atoms with Crippen molar-refractivity contribution in [2.45, 2.75) is 36.6 Å². The van der Waals surface area contributed by atoms with Crippen molar-refractivity contribution in [1.82, 2.24) is 10.2 Å². The second-order valence-corrected chi connectivity index (χ2v) is 7.98. The fourth-order valence-corrected chi connectivity index (χ4v) is 4.13. The first-order valence-electron chi connectivity index (χ1n) is 8.78. The van der Waals surface area contributed by atoms with Crippen molar-refractivity contribution in [3.8, 4) is 0 Å². The summed E-state index contributed by atoms with van der Waals surface area (Å²) in [5.74, 6) is 1.41. The summed E-state index contributed by atoms with van der Waals surface area (Å²) in [5.41, 5.74) is 1.43. The van der Waals surface area contributed by atoms with Crippen LogP contribution < -0.4 is 10.6 Å². The summed E-state index contributed by atoms with van der Waals surface area (Å²) >= 11 is 1.52. The van der Waals surface area contributed by atoms with Gasteiger partial charge < -0.3 is 15.5 Å². The van der Waals surface area contributed by atoms with E-state index in [4.69, 9.17) is 0 Å². The fourth-order valence-electron chi connectivity index (χ4n) is 3.34. The van der Waals surface area contributed by atoms with Crippen molar-refractivity contribution in [3.63, 3.8) is 0 Å². The summed E-state index contributed by atoms with van der Waals surface area (Å²) < 4.78 is 0. The van der Waals surface area contributed by atoms with Gasteiger partial charge >= 0.3 is 0 Å². The van der Waals surface area contributed by atoms with Gasteiger partial charge in [0.2, 0.25) is 5.91 Å². The first-order chi connectivity index (χ1) is 11.7. The Hall–Kier alpha value is -1.24. The molecule has 1 aromatic carbocycles. The third-order valence-corrected chi connectivity index (χ3v) is 6.11. The number of halogens is 1. The highest BCUT2D eigenvalue weighted by molar-refractivity contribution is 8.00. The van der Waals surface area contributed by atoms with Gasteiger partial charge in [-0.05, 0) is 56.3 Å². The van der Waals surface area contributed by atoms with Crippen molar-refractivity contribution < 1.29 is 9.59 Å². The number of likely N-dealkylation sites (tertiary alicyclic amines) is 1. The zero-order valence-corrected chi connectivity index (χ0v) is 15.8. The maximum absolute atomic E-state index is 12.7. The van der Waals surface area contributed by atoms with E-state index < -0.39 is 0 Å². The number of thioether (sulfide) groups is 1. The molecule has 1 aliphatic carbocycles. The number of hydrogen-bond donors (Lipinski definition) is 2. The van der Waals surface area contributed by atoms with Crippen molar-refractivity contribution in [1.29, 1.82) is 0 Å². The van der Waals surface area contributed by atoms with Crippen LogP contribution in [0.25, 0.3) is 0 Å². The summed E-state index contributed by atoms with van der Waals surface area (Å²) in [6.07, 6.45) is 4.79. The topological polar surface area (TPSA) is 61.4 Å². The molecular formula is C18H24ClN3O2S. The van der Waals surface area contributed by atoms with Crippen LogP contribution in [0.5, 0.6) is 0 Å². The third-order valence-electron chi connectivity index (χ3n) is 5.03. The monoisotopic (exact) mass is 381 g/mol. The first kappa shape index (κ1) is 18.5. The molecule has 25 heavy (non-hydrogen) atoms. The maximum atomic E-state index is 12.7. The van der Waals surface area contributed by atoms with E-state index in [0.29, 0.717) is 17.4 Å². The number of piperidine rings is 1. The van der Waals surface area contributed by atoms with Gasteiger partial charge in [0.05, 0.1) is 11.4 Å². The number of fused-ring (bicyclic) bond motifs is 1. The molecule has 0 spiro atoms. The number of amides is 2. The van der Waals surface area contributed by atoms with E-state index in [2.05, 4.69) is 10.6 Å². The van der Waals surface area contributed by atoms with Crippen LogP contribution in [-0.2, 0) is 4.79 Å². The van der Waals surface area contributed by atoms with Crippen LogP contribution in [0.2, 0.25) is 0 Å². The van der Waals surface area contributed by atoms with Gasteiger partial charge in [-0.25, -0.2) is 0 Å². The van der Waals surface area contributed by atoms with Gasteiger partial charge in [-0.2, -0.15) is 0 Å². The van der Waals surface area contributed by atoms with Crippen molar-refractivity contribution >= 4 is 41.7 Å². The van der Waals surface area contributed by atoms with Crippen LogP contribution in [0.15, 0.2) is 23.1 Å². The Morgan fingerprint density at radius 2 is 2.00 bits per heavy atom. The van der Waals surface area contributed by atoms with Crippen LogP contribution in [0.4, 0.5) is 5.69 Å². The molecule has 0 unspecified atom stereocenters. The molecule has 2 heterocycles. The third kappa shape index (κ3) is 4.49. The first-order valence-corrected chi connectivity index (χ1v) is 9.77. The molecule has 3 aliphatic rings. The number of carbonyl (C=O) groups is 2. The van der Waals surface area contributed by atoms with Gasteiger partial charge in [-0.15, -0.1) is 24.2 Å². The Morgan fingerprint density at radius 3 is 2.72 bits per heavy atom. The van der Waals surface area contributed by atoms with E-state index in [1.54, 1.807) is 0 Å².